The van der Waals surface area contributed by atoms with E-state index in [4.69, 9.17) is 5.11 Å². The van der Waals surface area contributed by atoms with E-state index in [1.807, 2.05) is 0 Å². The van der Waals surface area contributed by atoms with Gasteiger partial charge in [0.25, 0.3) is 0 Å². The van der Waals surface area contributed by atoms with Crippen molar-refractivity contribution in [1.29, 1.82) is 0 Å². The van der Waals surface area contributed by atoms with E-state index in [0.717, 1.165) is 18.2 Å². The van der Waals surface area contributed by atoms with E-state index in [0.29, 0.717) is 22.0 Å². The second-order valence-corrected chi connectivity index (χ2v) is 5.38. The van der Waals surface area contributed by atoms with Gasteiger partial charge in [0.1, 0.15) is 5.82 Å². The minimum Gasteiger partial charge on any atom is -0.478 e. The molecule has 3 rings (SSSR count). The van der Waals surface area contributed by atoms with Crippen molar-refractivity contribution in [3.63, 3.8) is 0 Å². The molecule has 124 valence electrons. The number of carboxylic acid groups (broad SMARTS) is 1. The van der Waals surface area contributed by atoms with Gasteiger partial charge >= 0.3 is 12.1 Å². The maximum Gasteiger partial charge on any atom is 0.416 e. The molecule has 0 aliphatic heterocycles. The molecule has 0 amide bonds. The SMILES string of the molecule is Cn1cc(-c2ccc(C(F)(F)F)cc2)c2cc(F)c(C(=O)O)cc21. The van der Waals surface area contributed by atoms with E-state index in [1.54, 1.807) is 17.8 Å². The van der Waals surface area contributed by atoms with Crippen LogP contribution in [0.4, 0.5) is 17.6 Å². The highest BCUT2D eigenvalue weighted by Gasteiger charge is 2.30. The molecule has 0 unspecified atom stereocenters. The Morgan fingerprint density at radius 1 is 1.12 bits per heavy atom. The lowest BCUT2D eigenvalue weighted by atomic mass is 10.0. The molecule has 1 aromatic heterocycles. The Hall–Kier alpha value is -2.83. The molecular weight excluding hydrogens is 326 g/mol. The molecule has 0 saturated heterocycles. The van der Waals surface area contributed by atoms with Crippen LogP contribution in [0.2, 0.25) is 0 Å². The molecule has 1 heterocycles. The van der Waals surface area contributed by atoms with Gasteiger partial charge in [0.05, 0.1) is 11.1 Å². The molecule has 0 fully saturated rings. The van der Waals surface area contributed by atoms with Gasteiger partial charge in [-0.25, -0.2) is 9.18 Å². The Labute approximate surface area is 133 Å². The summed E-state index contributed by atoms with van der Waals surface area (Å²) in [4.78, 5) is 11.0. The molecule has 24 heavy (non-hydrogen) atoms. The summed E-state index contributed by atoms with van der Waals surface area (Å²) in [6.07, 6.45) is -2.81. The zero-order valence-electron chi connectivity index (χ0n) is 12.4. The molecule has 0 aliphatic rings. The molecule has 3 aromatic rings. The quantitative estimate of drug-likeness (QED) is 0.689. The summed E-state index contributed by atoms with van der Waals surface area (Å²) in [6, 6.07) is 6.82. The van der Waals surface area contributed by atoms with E-state index >= 15 is 0 Å². The average molecular weight is 337 g/mol. The van der Waals surface area contributed by atoms with Gasteiger partial charge in [-0.05, 0) is 29.8 Å². The third kappa shape index (κ3) is 2.62. The van der Waals surface area contributed by atoms with Gasteiger partial charge in [-0.3, -0.25) is 0 Å². The number of nitrogens with zero attached hydrogens (tertiary/aromatic N) is 1. The second-order valence-electron chi connectivity index (χ2n) is 5.38. The summed E-state index contributed by atoms with van der Waals surface area (Å²) < 4.78 is 53.5. The summed E-state index contributed by atoms with van der Waals surface area (Å²) >= 11 is 0. The number of carboxylic acids is 1. The number of aryl methyl sites for hydroxylation is 1. The van der Waals surface area contributed by atoms with Gasteiger partial charge in [0.2, 0.25) is 0 Å². The zero-order valence-corrected chi connectivity index (χ0v) is 12.4. The summed E-state index contributed by atoms with van der Waals surface area (Å²) in [5.41, 5.74) is 0.255. The first-order valence-corrected chi connectivity index (χ1v) is 6.88. The highest BCUT2D eigenvalue weighted by Crippen LogP contribution is 2.34. The lowest BCUT2D eigenvalue weighted by Crippen LogP contribution is -2.03. The Balaban J connectivity index is 2.17. The maximum absolute atomic E-state index is 14.0. The number of hydrogen-bond acceptors (Lipinski definition) is 1. The largest absolute Gasteiger partial charge is 0.478 e. The molecule has 0 atom stereocenters. The number of aromatic nitrogens is 1. The first-order chi connectivity index (χ1) is 11.2. The van der Waals surface area contributed by atoms with Crippen LogP contribution in [0.5, 0.6) is 0 Å². The standard InChI is InChI=1S/C17H11F4NO2/c1-22-8-13(9-2-4-10(5-3-9)17(19,20)21)11-6-14(18)12(16(23)24)7-15(11)22/h2-8H,1H3,(H,23,24). The average Bonchev–Trinajstić information content (AvgIpc) is 2.82. The van der Waals surface area contributed by atoms with Gasteiger partial charge in [-0.2, -0.15) is 13.2 Å². The first kappa shape index (κ1) is 16.0. The molecule has 0 radical (unpaired) electrons. The van der Waals surface area contributed by atoms with Crippen molar-refractivity contribution in [3.8, 4) is 11.1 Å². The van der Waals surface area contributed by atoms with Crippen LogP contribution in [0.25, 0.3) is 22.0 Å². The maximum atomic E-state index is 14.0. The van der Waals surface area contributed by atoms with Crippen molar-refractivity contribution in [2.45, 2.75) is 6.18 Å². The van der Waals surface area contributed by atoms with Crippen molar-refractivity contribution in [1.82, 2.24) is 4.57 Å². The van der Waals surface area contributed by atoms with Crippen LogP contribution in [-0.2, 0) is 13.2 Å². The van der Waals surface area contributed by atoms with Crippen LogP contribution in [-0.4, -0.2) is 15.6 Å². The van der Waals surface area contributed by atoms with Crippen molar-refractivity contribution in [2.75, 3.05) is 0 Å². The highest BCUT2D eigenvalue weighted by molar-refractivity contribution is 6.00. The van der Waals surface area contributed by atoms with Crippen LogP contribution in [0.15, 0.2) is 42.6 Å². The van der Waals surface area contributed by atoms with Gasteiger partial charge in [-0.15, -0.1) is 0 Å². The molecule has 1 N–H and O–H groups in total. The molecule has 0 aliphatic carbocycles. The molecule has 7 heteroatoms. The number of hydrogen-bond donors (Lipinski definition) is 1. The first-order valence-electron chi connectivity index (χ1n) is 6.88. The van der Waals surface area contributed by atoms with Crippen LogP contribution in [0.3, 0.4) is 0 Å². The lowest BCUT2D eigenvalue weighted by molar-refractivity contribution is -0.137. The number of benzene rings is 2. The van der Waals surface area contributed by atoms with Crippen LogP contribution >= 0.6 is 0 Å². The fraction of sp³-hybridized carbons (Fsp3) is 0.118. The second kappa shape index (κ2) is 5.36. The minimum absolute atomic E-state index is 0.430. The Morgan fingerprint density at radius 2 is 1.75 bits per heavy atom. The van der Waals surface area contributed by atoms with Crippen molar-refractivity contribution in [3.05, 3.63) is 59.5 Å². The topological polar surface area (TPSA) is 42.2 Å². The fourth-order valence-corrected chi connectivity index (χ4v) is 2.63. The van der Waals surface area contributed by atoms with Gasteiger partial charge in [0, 0.05) is 29.7 Å². The Morgan fingerprint density at radius 3 is 2.29 bits per heavy atom. The third-order valence-electron chi connectivity index (χ3n) is 3.83. The van der Waals surface area contributed by atoms with E-state index in [1.165, 1.54) is 18.2 Å². The van der Waals surface area contributed by atoms with Gasteiger partial charge in [0.15, 0.2) is 0 Å². The molecule has 2 aromatic carbocycles. The smallest absolute Gasteiger partial charge is 0.416 e. The Bertz CT molecular complexity index is 940. The number of halogens is 4. The zero-order chi connectivity index (χ0) is 17.6. The summed E-state index contributed by atoms with van der Waals surface area (Å²) in [5, 5.41) is 9.42. The van der Waals surface area contributed by atoms with Crippen LogP contribution in [0.1, 0.15) is 15.9 Å². The van der Waals surface area contributed by atoms with Gasteiger partial charge < -0.3 is 9.67 Å². The summed E-state index contributed by atoms with van der Waals surface area (Å²) in [5.74, 6) is -2.28. The van der Waals surface area contributed by atoms with Crippen LogP contribution in [0, 0.1) is 5.82 Å². The van der Waals surface area contributed by atoms with Crippen molar-refractivity contribution in [2.24, 2.45) is 7.05 Å². The molecule has 3 nitrogen and oxygen atoms in total. The summed E-state index contributed by atoms with van der Waals surface area (Å²) in [7, 11) is 1.65. The number of carbonyl (C=O) groups is 1. The number of aromatic carboxylic acids is 1. The number of rotatable bonds is 2. The van der Waals surface area contributed by atoms with Crippen LogP contribution < -0.4 is 0 Å². The molecular formula is C17H11F4NO2. The highest BCUT2D eigenvalue weighted by atomic mass is 19.4. The van der Waals surface area contributed by atoms with E-state index in [-0.39, 0.29) is 0 Å². The van der Waals surface area contributed by atoms with Crippen molar-refractivity contribution < 1.29 is 27.5 Å². The normalized spacial score (nSPS) is 11.9. The summed E-state index contributed by atoms with van der Waals surface area (Å²) in [6.45, 7) is 0. The monoisotopic (exact) mass is 337 g/mol. The fourth-order valence-electron chi connectivity index (χ4n) is 2.63. The van der Waals surface area contributed by atoms with E-state index < -0.39 is 29.1 Å². The predicted molar refractivity (Wildman–Crippen MR) is 80.3 cm³/mol. The molecule has 0 spiro atoms. The molecule has 0 bridgehead atoms. The van der Waals surface area contributed by atoms with Gasteiger partial charge in [-0.1, -0.05) is 12.1 Å². The van der Waals surface area contributed by atoms with E-state index in [9.17, 15) is 22.4 Å². The lowest BCUT2D eigenvalue weighted by Gasteiger charge is -2.07. The third-order valence-corrected chi connectivity index (χ3v) is 3.83. The minimum atomic E-state index is -4.43. The van der Waals surface area contributed by atoms with Crippen molar-refractivity contribution >= 4 is 16.9 Å². The molecule has 0 saturated carbocycles. The predicted octanol–water partition coefficient (Wildman–Crippen LogP) is 4.70. The number of alkyl halides is 3. The Kier molecular flexibility index (Phi) is 3.59. The number of fused-ring (bicyclic) bond motifs is 1. The van der Waals surface area contributed by atoms with E-state index in [2.05, 4.69) is 0 Å².